The summed E-state index contributed by atoms with van der Waals surface area (Å²) in [5.41, 5.74) is 4.70. The summed E-state index contributed by atoms with van der Waals surface area (Å²) in [5, 5.41) is 7.52. The molecule has 166 valence electrons. The first kappa shape index (κ1) is 23.3. The smallest absolute Gasteiger partial charge is 0.237 e. The van der Waals surface area contributed by atoms with E-state index in [1.165, 1.54) is 19.3 Å². The highest BCUT2D eigenvalue weighted by Gasteiger charge is 2.36. The number of rotatable bonds is 8. The summed E-state index contributed by atoms with van der Waals surface area (Å²) < 4.78 is 0. The first-order chi connectivity index (χ1) is 14.3. The largest absolute Gasteiger partial charge is 0.355 e. The summed E-state index contributed by atoms with van der Waals surface area (Å²) in [7, 11) is 0. The second-order valence-electron chi connectivity index (χ2n) is 9.60. The molecule has 0 unspecified atom stereocenters. The number of nitrogens with zero attached hydrogens (tertiary/aromatic N) is 1. The normalized spacial score (nSPS) is 24.3. The third-order valence-corrected chi connectivity index (χ3v) is 7.06. The first-order valence-corrected chi connectivity index (χ1v) is 11.9. The van der Waals surface area contributed by atoms with Crippen molar-refractivity contribution in [3.8, 4) is 0 Å². The lowest BCUT2D eigenvalue weighted by atomic mass is 9.71. The van der Waals surface area contributed by atoms with Gasteiger partial charge in [-0.3, -0.25) is 9.69 Å². The summed E-state index contributed by atoms with van der Waals surface area (Å²) >= 11 is 6.17. The highest BCUT2D eigenvalue weighted by Crippen LogP contribution is 2.41. The van der Waals surface area contributed by atoms with Crippen molar-refractivity contribution in [2.24, 2.45) is 5.41 Å². The van der Waals surface area contributed by atoms with Gasteiger partial charge < -0.3 is 10.6 Å². The van der Waals surface area contributed by atoms with Crippen molar-refractivity contribution in [2.45, 2.75) is 78.4 Å². The minimum atomic E-state index is -0.0893. The van der Waals surface area contributed by atoms with Crippen LogP contribution in [0.2, 0.25) is 5.02 Å². The first-order valence-electron chi connectivity index (χ1n) is 11.5. The number of hydrogen-bond donors (Lipinski definition) is 2. The number of carbonyl (C=O) groups is 1. The Morgan fingerprint density at radius 3 is 2.83 bits per heavy atom. The van der Waals surface area contributed by atoms with Gasteiger partial charge in [-0.15, -0.1) is 0 Å². The summed E-state index contributed by atoms with van der Waals surface area (Å²) in [6.07, 6.45) is 5.80. The van der Waals surface area contributed by atoms with Crippen LogP contribution in [-0.4, -0.2) is 42.5 Å². The number of nitrogens with one attached hydrogen (secondary N) is 2. The molecule has 2 atom stereocenters. The zero-order chi connectivity index (χ0) is 21.7. The minimum Gasteiger partial charge on any atom is -0.355 e. The van der Waals surface area contributed by atoms with Crippen molar-refractivity contribution in [1.82, 2.24) is 15.5 Å². The second-order valence-corrected chi connectivity index (χ2v) is 10.0. The highest BCUT2D eigenvalue weighted by atomic mass is 35.5. The Bertz CT molecular complexity index is 773. The molecule has 1 fully saturated rings. The Morgan fingerprint density at radius 2 is 2.13 bits per heavy atom. The van der Waals surface area contributed by atoms with Gasteiger partial charge in [0.2, 0.25) is 5.91 Å². The summed E-state index contributed by atoms with van der Waals surface area (Å²) in [4.78, 5) is 15.0. The zero-order valence-electron chi connectivity index (χ0n) is 19.1. The molecule has 1 aromatic carbocycles. The maximum atomic E-state index is 12.7. The maximum Gasteiger partial charge on any atom is 0.237 e. The average molecular weight is 432 g/mol. The van der Waals surface area contributed by atoms with E-state index in [9.17, 15) is 4.79 Å². The molecule has 1 aliphatic carbocycles. The van der Waals surface area contributed by atoms with E-state index in [-0.39, 0.29) is 11.9 Å². The molecule has 0 spiro atoms. The van der Waals surface area contributed by atoms with E-state index in [0.29, 0.717) is 18.0 Å². The van der Waals surface area contributed by atoms with Gasteiger partial charge in [-0.2, -0.15) is 0 Å². The standard InChI is InChI=1S/C25H38ClN3O/c1-5-27-24(30)23-15-21(17-29(23)16-19-9-6-10-20(26)14-19)28-13-11-22-18(2)8-7-12-25(22,3)4/h6,9-10,14,21,23,28H,5,7-8,11-13,15-17H2,1-4H3,(H,27,30)/t21-,23-/m0/s1. The molecule has 30 heavy (non-hydrogen) atoms. The van der Waals surface area contributed by atoms with E-state index >= 15 is 0 Å². The highest BCUT2D eigenvalue weighted by molar-refractivity contribution is 6.30. The van der Waals surface area contributed by atoms with E-state index < -0.39 is 0 Å². The minimum absolute atomic E-state index is 0.0893. The number of hydrogen-bond acceptors (Lipinski definition) is 3. The van der Waals surface area contributed by atoms with Crippen LogP contribution >= 0.6 is 11.6 Å². The van der Waals surface area contributed by atoms with E-state index in [1.54, 1.807) is 11.1 Å². The molecule has 1 aliphatic heterocycles. The lowest BCUT2D eigenvalue weighted by molar-refractivity contribution is -0.125. The van der Waals surface area contributed by atoms with Crippen LogP contribution in [0.25, 0.3) is 0 Å². The van der Waals surface area contributed by atoms with Gasteiger partial charge in [-0.05, 0) is 75.6 Å². The van der Waals surface area contributed by atoms with Crippen molar-refractivity contribution in [1.29, 1.82) is 0 Å². The molecule has 0 saturated carbocycles. The van der Waals surface area contributed by atoms with Crippen LogP contribution in [0.1, 0.15) is 65.4 Å². The molecule has 0 bridgehead atoms. The molecule has 1 aromatic rings. The molecular formula is C25H38ClN3O. The van der Waals surface area contributed by atoms with Gasteiger partial charge in [0.15, 0.2) is 0 Å². The fourth-order valence-corrected chi connectivity index (χ4v) is 5.50. The molecule has 2 N–H and O–H groups in total. The Kier molecular flexibility index (Phi) is 8.00. The van der Waals surface area contributed by atoms with Crippen molar-refractivity contribution < 1.29 is 4.79 Å². The van der Waals surface area contributed by atoms with Crippen molar-refractivity contribution >= 4 is 17.5 Å². The van der Waals surface area contributed by atoms with Gasteiger partial charge in [0, 0.05) is 30.7 Å². The number of halogens is 1. The summed E-state index contributed by atoms with van der Waals surface area (Å²) in [6.45, 7) is 12.3. The molecule has 1 saturated heterocycles. The zero-order valence-corrected chi connectivity index (χ0v) is 19.8. The van der Waals surface area contributed by atoms with Crippen LogP contribution in [0.3, 0.4) is 0 Å². The van der Waals surface area contributed by atoms with Gasteiger partial charge in [0.25, 0.3) is 0 Å². The molecule has 0 aromatic heterocycles. The van der Waals surface area contributed by atoms with Crippen LogP contribution in [-0.2, 0) is 11.3 Å². The van der Waals surface area contributed by atoms with Crippen molar-refractivity contribution in [3.05, 3.63) is 46.0 Å². The Labute approximate surface area is 187 Å². The topological polar surface area (TPSA) is 44.4 Å². The number of benzene rings is 1. The average Bonchev–Trinajstić information content (AvgIpc) is 3.07. The molecule has 1 amide bonds. The number of allylic oxidation sites excluding steroid dienone is 1. The van der Waals surface area contributed by atoms with E-state index in [0.717, 1.165) is 43.1 Å². The van der Waals surface area contributed by atoms with Crippen LogP contribution in [0.15, 0.2) is 35.4 Å². The number of carbonyl (C=O) groups excluding carboxylic acids is 1. The van der Waals surface area contributed by atoms with Gasteiger partial charge in [-0.1, -0.05) is 48.7 Å². The summed E-state index contributed by atoms with van der Waals surface area (Å²) in [5.74, 6) is 0.135. The van der Waals surface area contributed by atoms with Crippen LogP contribution < -0.4 is 10.6 Å². The van der Waals surface area contributed by atoms with E-state index in [2.05, 4.69) is 42.4 Å². The predicted octanol–water partition coefficient (Wildman–Crippen LogP) is 4.93. The van der Waals surface area contributed by atoms with E-state index in [1.807, 2.05) is 25.1 Å². The molecule has 1 heterocycles. The van der Waals surface area contributed by atoms with Crippen molar-refractivity contribution in [2.75, 3.05) is 19.6 Å². The fourth-order valence-electron chi connectivity index (χ4n) is 5.29. The molecular weight excluding hydrogens is 394 g/mol. The van der Waals surface area contributed by atoms with Gasteiger partial charge >= 0.3 is 0 Å². The molecule has 5 heteroatoms. The number of likely N-dealkylation sites (tertiary alicyclic amines) is 1. The third kappa shape index (κ3) is 5.87. The SMILES string of the molecule is CCNC(=O)[C@@H]1C[C@H](NCCC2=C(C)CCCC2(C)C)CN1Cc1cccc(Cl)c1. The third-order valence-electron chi connectivity index (χ3n) is 6.83. The Hall–Kier alpha value is -1.36. The second kappa shape index (κ2) is 10.3. The number of likely N-dealkylation sites (N-methyl/N-ethyl adjacent to an activating group) is 1. The van der Waals surface area contributed by atoms with Crippen LogP contribution in [0, 0.1) is 5.41 Å². The van der Waals surface area contributed by atoms with Gasteiger partial charge in [-0.25, -0.2) is 0 Å². The maximum absolute atomic E-state index is 12.7. The molecule has 3 rings (SSSR count). The van der Waals surface area contributed by atoms with E-state index in [4.69, 9.17) is 11.6 Å². The predicted molar refractivity (Wildman–Crippen MR) is 126 cm³/mol. The van der Waals surface area contributed by atoms with Crippen LogP contribution in [0.5, 0.6) is 0 Å². The molecule has 2 aliphatic rings. The van der Waals surface area contributed by atoms with Crippen molar-refractivity contribution in [3.63, 3.8) is 0 Å². The number of amides is 1. The van der Waals surface area contributed by atoms with Crippen LogP contribution in [0.4, 0.5) is 0 Å². The summed E-state index contributed by atoms with van der Waals surface area (Å²) in [6, 6.07) is 8.20. The van der Waals surface area contributed by atoms with Gasteiger partial charge in [0.1, 0.15) is 0 Å². The monoisotopic (exact) mass is 431 g/mol. The Balaban J connectivity index is 1.61. The fraction of sp³-hybridized carbons (Fsp3) is 0.640. The molecule has 4 nitrogen and oxygen atoms in total. The lowest BCUT2D eigenvalue weighted by Crippen LogP contribution is -2.42. The lowest BCUT2D eigenvalue weighted by Gasteiger charge is -2.35. The molecule has 0 radical (unpaired) electrons. The van der Waals surface area contributed by atoms with Gasteiger partial charge in [0.05, 0.1) is 6.04 Å². The Morgan fingerprint density at radius 1 is 1.33 bits per heavy atom. The quantitative estimate of drug-likeness (QED) is 0.574.